The van der Waals surface area contributed by atoms with E-state index < -0.39 is 0 Å². The van der Waals surface area contributed by atoms with Gasteiger partial charge in [0.1, 0.15) is 17.3 Å². The minimum atomic E-state index is 0.194. The highest BCUT2D eigenvalue weighted by atomic mass is 16.5. The molecule has 0 radical (unpaired) electrons. The summed E-state index contributed by atoms with van der Waals surface area (Å²) in [6.07, 6.45) is 5.37. The molecule has 0 fully saturated rings. The van der Waals surface area contributed by atoms with Crippen molar-refractivity contribution in [2.24, 2.45) is 5.92 Å². The van der Waals surface area contributed by atoms with Crippen LogP contribution in [0.2, 0.25) is 0 Å². The lowest BCUT2D eigenvalue weighted by Crippen LogP contribution is -2.13. The molecule has 1 atom stereocenters. The number of rotatable bonds is 7. The van der Waals surface area contributed by atoms with Crippen molar-refractivity contribution in [2.75, 3.05) is 7.11 Å². The molecule has 1 unspecified atom stereocenters. The van der Waals surface area contributed by atoms with Gasteiger partial charge in [-0.15, -0.1) is 0 Å². The van der Waals surface area contributed by atoms with E-state index in [0.29, 0.717) is 5.92 Å². The summed E-state index contributed by atoms with van der Waals surface area (Å²) in [5, 5.41) is 9.10. The molecule has 3 rings (SSSR count). The average Bonchev–Trinajstić information content (AvgIpc) is 3.24. The normalized spacial score (nSPS) is 12.5. The number of ether oxygens (including phenoxy) is 1. The largest absolute Gasteiger partial charge is 0.494 e. The van der Waals surface area contributed by atoms with Crippen molar-refractivity contribution >= 4 is 0 Å². The zero-order valence-corrected chi connectivity index (χ0v) is 15.3. The predicted molar refractivity (Wildman–Crippen MR) is 97.1 cm³/mol. The number of nitrogens with zero attached hydrogens (tertiary/aromatic N) is 5. The van der Waals surface area contributed by atoms with E-state index in [2.05, 4.69) is 25.9 Å². The van der Waals surface area contributed by atoms with Crippen LogP contribution in [0.1, 0.15) is 38.5 Å². The van der Waals surface area contributed by atoms with Gasteiger partial charge in [-0.1, -0.05) is 26.0 Å². The Hall–Kier alpha value is -2.63. The quantitative estimate of drug-likeness (QED) is 0.661. The van der Waals surface area contributed by atoms with E-state index in [1.165, 1.54) is 0 Å². The van der Waals surface area contributed by atoms with E-state index in [9.17, 15) is 0 Å². The minimum Gasteiger partial charge on any atom is -0.494 e. The minimum absolute atomic E-state index is 0.194. The molecule has 0 aliphatic rings. The van der Waals surface area contributed by atoms with Crippen LogP contribution in [0.25, 0.3) is 5.69 Å². The van der Waals surface area contributed by atoms with Gasteiger partial charge in [-0.2, -0.15) is 10.2 Å². The average molecular weight is 339 g/mol. The van der Waals surface area contributed by atoms with Crippen LogP contribution in [-0.2, 0) is 12.8 Å². The van der Waals surface area contributed by atoms with Gasteiger partial charge < -0.3 is 4.74 Å². The summed E-state index contributed by atoms with van der Waals surface area (Å²) in [5.74, 6) is 3.08. The second-order valence-corrected chi connectivity index (χ2v) is 6.67. The van der Waals surface area contributed by atoms with Crippen molar-refractivity contribution in [3.05, 3.63) is 54.4 Å². The van der Waals surface area contributed by atoms with Crippen LogP contribution in [0, 0.1) is 5.92 Å². The molecule has 0 N–H and O–H groups in total. The number of methoxy groups -OCH3 is 1. The molecule has 0 saturated carbocycles. The molecule has 0 saturated heterocycles. The number of benzene rings is 1. The molecule has 3 aromatic rings. The molecule has 0 amide bonds. The standard InChI is InChI=1S/C19H25N5O/c1-14(2)12-18-21-19(13-15(3)23-11-7-10-20-23)24(22-18)16-8-5-6-9-17(16)25-4/h5-11,14-15H,12-13H2,1-4H3. The highest BCUT2D eigenvalue weighted by Crippen LogP contribution is 2.24. The summed E-state index contributed by atoms with van der Waals surface area (Å²) >= 11 is 0. The van der Waals surface area contributed by atoms with Crippen LogP contribution < -0.4 is 4.74 Å². The molecule has 0 spiro atoms. The van der Waals surface area contributed by atoms with Gasteiger partial charge in [0.2, 0.25) is 0 Å². The highest BCUT2D eigenvalue weighted by molar-refractivity contribution is 5.46. The zero-order valence-electron chi connectivity index (χ0n) is 15.3. The van der Waals surface area contributed by atoms with Crippen LogP contribution in [0.3, 0.4) is 0 Å². The molecular weight excluding hydrogens is 314 g/mol. The van der Waals surface area contributed by atoms with Crippen molar-refractivity contribution in [2.45, 2.75) is 39.7 Å². The maximum Gasteiger partial charge on any atom is 0.151 e. The molecule has 0 bridgehead atoms. The van der Waals surface area contributed by atoms with Gasteiger partial charge in [0.05, 0.1) is 13.2 Å². The molecule has 6 heteroatoms. The van der Waals surface area contributed by atoms with Crippen molar-refractivity contribution < 1.29 is 4.74 Å². The Labute approximate surface area is 148 Å². The highest BCUT2D eigenvalue weighted by Gasteiger charge is 2.18. The van der Waals surface area contributed by atoms with E-state index in [0.717, 1.165) is 35.9 Å². The third-order valence-corrected chi connectivity index (χ3v) is 4.08. The van der Waals surface area contributed by atoms with Crippen LogP contribution in [0.4, 0.5) is 0 Å². The first-order chi connectivity index (χ1) is 12.1. The number of aromatic nitrogens is 5. The Bertz CT molecular complexity index is 807. The van der Waals surface area contributed by atoms with E-state index >= 15 is 0 Å². The molecule has 0 aliphatic heterocycles. The van der Waals surface area contributed by atoms with E-state index in [1.54, 1.807) is 13.3 Å². The summed E-state index contributed by atoms with van der Waals surface area (Å²) < 4.78 is 9.38. The summed E-state index contributed by atoms with van der Waals surface area (Å²) in [6.45, 7) is 6.49. The molecule has 0 aliphatic carbocycles. The van der Waals surface area contributed by atoms with Crippen molar-refractivity contribution in [1.29, 1.82) is 0 Å². The molecule has 25 heavy (non-hydrogen) atoms. The topological polar surface area (TPSA) is 57.8 Å². The van der Waals surface area contributed by atoms with Gasteiger partial charge in [-0.25, -0.2) is 9.67 Å². The number of para-hydroxylation sites is 2. The molecule has 2 aromatic heterocycles. The summed E-state index contributed by atoms with van der Waals surface area (Å²) in [5.41, 5.74) is 0.912. The summed E-state index contributed by atoms with van der Waals surface area (Å²) in [4.78, 5) is 4.81. The first-order valence-electron chi connectivity index (χ1n) is 8.65. The van der Waals surface area contributed by atoms with E-state index in [4.69, 9.17) is 14.8 Å². The zero-order chi connectivity index (χ0) is 17.8. The number of hydrogen-bond donors (Lipinski definition) is 0. The Balaban J connectivity index is 1.99. The van der Waals surface area contributed by atoms with Crippen molar-refractivity contribution in [3.8, 4) is 11.4 Å². The van der Waals surface area contributed by atoms with Crippen LogP contribution >= 0.6 is 0 Å². The lowest BCUT2D eigenvalue weighted by atomic mass is 10.1. The molecular formula is C19H25N5O. The molecule has 1 aromatic carbocycles. The second kappa shape index (κ2) is 7.51. The fraction of sp³-hybridized carbons (Fsp3) is 0.421. The van der Waals surface area contributed by atoms with E-state index in [-0.39, 0.29) is 6.04 Å². The van der Waals surface area contributed by atoms with Crippen LogP contribution in [0.15, 0.2) is 42.7 Å². The third-order valence-electron chi connectivity index (χ3n) is 4.08. The maximum absolute atomic E-state index is 5.52. The van der Waals surface area contributed by atoms with Gasteiger partial charge in [-0.05, 0) is 31.0 Å². The summed E-state index contributed by atoms with van der Waals surface area (Å²) in [7, 11) is 1.68. The number of hydrogen-bond acceptors (Lipinski definition) is 4. The van der Waals surface area contributed by atoms with Gasteiger partial charge in [0, 0.05) is 25.2 Å². The first-order valence-corrected chi connectivity index (χ1v) is 8.65. The smallest absolute Gasteiger partial charge is 0.151 e. The van der Waals surface area contributed by atoms with Gasteiger partial charge in [0.25, 0.3) is 0 Å². The van der Waals surface area contributed by atoms with Gasteiger partial charge in [0.15, 0.2) is 5.82 Å². The Morgan fingerprint density at radius 1 is 1.08 bits per heavy atom. The lowest BCUT2D eigenvalue weighted by Gasteiger charge is -2.14. The Morgan fingerprint density at radius 2 is 1.88 bits per heavy atom. The predicted octanol–water partition coefficient (Wildman–Crippen LogP) is 3.47. The van der Waals surface area contributed by atoms with Gasteiger partial charge >= 0.3 is 0 Å². The molecule has 6 nitrogen and oxygen atoms in total. The SMILES string of the molecule is COc1ccccc1-n1nc(CC(C)C)nc1CC(C)n1cccn1. The first kappa shape index (κ1) is 17.2. The fourth-order valence-electron chi connectivity index (χ4n) is 2.87. The maximum atomic E-state index is 5.52. The fourth-order valence-corrected chi connectivity index (χ4v) is 2.87. The second-order valence-electron chi connectivity index (χ2n) is 6.67. The Morgan fingerprint density at radius 3 is 2.56 bits per heavy atom. The summed E-state index contributed by atoms with van der Waals surface area (Å²) in [6, 6.07) is 10.0. The monoisotopic (exact) mass is 339 g/mol. The molecule has 132 valence electrons. The van der Waals surface area contributed by atoms with Crippen LogP contribution in [0.5, 0.6) is 5.75 Å². The van der Waals surface area contributed by atoms with Crippen molar-refractivity contribution in [1.82, 2.24) is 24.5 Å². The lowest BCUT2D eigenvalue weighted by molar-refractivity contribution is 0.410. The van der Waals surface area contributed by atoms with E-state index in [1.807, 2.05) is 45.9 Å². The van der Waals surface area contributed by atoms with Gasteiger partial charge in [-0.3, -0.25) is 4.68 Å². The Kier molecular flexibility index (Phi) is 5.16. The third kappa shape index (κ3) is 3.90. The van der Waals surface area contributed by atoms with Crippen LogP contribution in [-0.4, -0.2) is 31.7 Å². The van der Waals surface area contributed by atoms with Crippen molar-refractivity contribution in [3.63, 3.8) is 0 Å². The molecule has 2 heterocycles.